The van der Waals surface area contributed by atoms with Crippen molar-refractivity contribution >= 4 is 5.97 Å². The molecule has 0 aliphatic rings. The Morgan fingerprint density at radius 2 is 1.73 bits per heavy atom. The van der Waals surface area contributed by atoms with Gasteiger partial charge in [-0.15, -0.1) is 0 Å². The number of rotatable bonds is 4. The van der Waals surface area contributed by atoms with Crippen molar-refractivity contribution in [2.24, 2.45) is 0 Å². The van der Waals surface area contributed by atoms with Gasteiger partial charge in [0.1, 0.15) is 5.75 Å². The van der Waals surface area contributed by atoms with E-state index in [1.165, 1.54) is 23.6 Å². The number of aliphatic carboxylic acids is 1. The van der Waals surface area contributed by atoms with Crippen molar-refractivity contribution in [1.29, 1.82) is 0 Å². The van der Waals surface area contributed by atoms with Crippen molar-refractivity contribution in [3.05, 3.63) is 58.0 Å². The molecule has 2 aromatic rings. The molecule has 5 heteroatoms. The van der Waals surface area contributed by atoms with Crippen molar-refractivity contribution in [2.45, 2.75) is 32.6 Å². The van der Waals surface area contributed by atoms with E-state index in [-0.39, 0.29) is 17.2 Å². The van der Waals surface area contributed by atoms with Gasteiger partial charge in [-0.25, -0.2) is 0 Å². The third-order valence-corrected chi connectivity index (χ3v) is 3.71. The lowest BCUT2D eigenvalue weighted by Crippen LogP contribution is -2.24. The normalized spacial score (nSPS) is 12.4. The topological polar surface area (TPSA) is 79.5 Å². The van der Waals surface area contributed by atoms with Gasteiger partial charge < -0.3 is 10.2 Å². The minimum absolute atomic E-state index is 0.00430. The molecule has 1 atom stereocenters. The molecule has 0 fully saturated rings. The molecule has 0 spiro atoms. The highest BCUT2D eigenvalue weighted by Gasteiger charge is 2.21. The first-order valence-corrected chi connectivity index (χ1v) is 7.11. The van der Waals surface area contributed by atoms with E-state index < -0.39 is 11.9 Å². The number of nitrogens with zero attached hydrogens (tertiary/aromatic N) is 1. The number of aromatic nitrogens is 1. The second-order valence-electron chi connectivity index (χ2n) is 5.55. The van der Waals surface area contributed by atoms with Crippen LogP contribution in [0.3, 0.4) is 0 Å². The molecule has 1 heterocycles. The molecule has 0 saturated carbocycles. The summed E-state index contributed by atoms with van der Waals surface area (Å²) in [5, 5.41) is 19.7. The summed E-state index contributed by atoms with van der Waals surface area (Å²) < 4.78 is 1.26. The van der Waals surface area contributed by atoms with Crippen LogP contribution in [0, 0.1) is 0 Å². The molecule has 0 saturated heterocycles. The van der Waals surface area contributed by atoms with E-state index in [1.807, 2.05) is 13.8 Å². The van der Waals surface area contributed by atoms with Crippen LogP contribution >= 0.6 is 0 Å². The number of carboxylic acid groups (broad SMARTS) is 1. The summed E-state index contributed by atoms with van der Waals surface area (Å²) in [7, 11) is 0. The minimum Gasteiger partial charge on any atom is -0.505 e. The zero-order chi connectivity index (χ0) is 16.4. The summed E-state index contributed by atoms with van der Waals surface area (Å²) in [4.78, 5) is 23.5. The number of para-hydroxylation sites is 1. The first-order chi connectivity index (χ1) is 10.3. The van der Waals surface area contributed by atoms with Crippen LogP contribution in [-0.4, -0.2) is 20.7 Å². The monoisotopic (exact) mass is 301 g/mol. The third-order valence-electron chi connectivity index (χ3n) is 3.71. The number of carboxylic acids is 1. The molecule has 0 aliphatic carbocycles. The summed E-state index contributed by atoms with van der Waals surface area (Å²) in [5.41, 5.74) is 0.972. The van der Waals surface area contributed by atoms with Gasteiger partial charge in [0.2, 0.25) is 0 Å². The number of carbonyl (C=O) groups is 1. The lowest BCUT2D eigenvalue weighted by atomic mass is 10.0. The molecule has 0 amide bonds. The van der Waals surface area contributed by atoms with Crippen LogP contribution in [0.25, 0.3) is 5.69 Å². The summed E-state index contributed by atoms with van der Waals surface area (Å²) in [5.74, 6) is -1.81. The van der Waals surface area contributed by atoms with E-state index in [0.29, 0.717) is 16.9 Å². The van der Waals surface area contributed by atoms with E-state index in [9.17, 15) is 19.8 Å². The molecular weight excluding hydrogens is 282 g/mol. The standard InChI is InChI=1S/C17H19NO4/c1-10(2)12-6-4-8-14(16(12)20)18-13(11(3)17(21)22)7-5-9-15(18)19/h4-11,20H,1-3H3,(H,21,22). The maximum atomic E-state index is 12.3. The Kier molecular flexibility index (Phi) is 4.35. The highest BCUT2D eigenvalue weighted by Crippen LogP contribution is 2.32. The Morgan fingerprint density at radius 1 is 1.09 bits per heavy atom. The zero-order valence-electron chi connectivity index (χ0n) is 12.8. The number of benzene rings is 1. The fourth-order valence-electron chi connectivity index (χ4n) is 2.42. The number of aromatic hydroxyl groups is 1. The van der Waals surface area contributed by atoms with Crippen molar-refractivity contribution < 1.29 is 15.0 Å². The Balaban J connectivity index is 2.76. The molecule has 0 aliphatic heterocycles. The smallest absolute Gasteiger partial charge is 0.312 e. The first kappa shape index (κ1) is 15.8. The molecule has 1 aromatic carbocycles. The maximum Gasteiger partial charge on any atom is 0.312 e. The summed E-state index contributed by atoms with van der Waals surface area (Å²) >= 11 is 0. The molecule has 2 rings (SSSR count). The number of pyridine rings is 1. The SMILES string of the molecule is CC(C)c1cccc(-n2c(C(C)C(=O)O)cccc2=O)c1O. The third kappa shape index (κ3) is 2.74. The Bertz CT molecular complexity index is 761. The lowest BCUT2D eigenvalue weighted by molar-refractivity contribution is -0.138. The second kappa shape index (κ2) is 6.05. The summed E-state index contributed by atoms with van der Waals surface area (Å²) in [6.45, 7) is 5.39. The largest absolute Gasteiger partial charge is 0.505 e. The van der Waals surface area contributed by atoms with Crippen LogP contribution in [0.1, 0.15) is 43.9 Å². The number of phenols is 1. The van der Waals surface area contributed by atoms with Crippen LogP contribution in [0.5, 0.6) is 5.75 Å². The van der Waals surface area contributed by atoms with E-state index >= 15 is 0 Å². The van der Waals surface area contributed by atoms with Gasteiger partial charge in [0.25, 0.3) is 5.56 Å². The number of hydrogen-bond acceptors (Lipinski definition) is 3. The van der Waals surface area contributed by atoms with Gasteiger partial charge >= 0.3 is 5.97 Å². The van der Waals surface area contributed by atoms with E-state index in [2.05, 4.69) is 0 Å². The molecular formula is C17H19NO4. The number of hydrogen-bond donors (Lipinski definition) is 2. The Morgan fingerprint density at radius 3 is 2.32 bits per heavy atom. The Hall–Kier alpha value is -2.56. The molecule has 1 unspecified atom stereocenters. The Labute approximate surface area is 128 Å². The molecule has 5 nitrogen and oxygen atoms in total. The lowest BCUT2D eigenvalue weighted by Gasteiger charge is -2.18. The molecule has 0 bridgehead atoms. The zero-order valence-corrected chi connectivity index (χ0v) is 12.8. The summed E-state index contributed by atoms with van der Waals surface area (Å²) in [6, 6.07) is 9.61. The predicted octanol–water partition coefficient (Wildman–Crippen LogP) is 2.85. The van der Waals surface area contributed by atoms with Gasteiger partial charge in [0, 0.05) is 11.8 Å². The fourth-order valence-corrected chi connectivity index (χ4v) is 2.42. The molecule has 0 radical (unpaired) electrons. The molecule has 116 valence electrons. The molecule has 22 heavy (non-hydrogen) atoms. The fraction of sp³-hybridized carbons (Fsp3) is 0.294. The average Bonchev–Trinajstić information content (AvgIpc) is 2.46. The quantitative estimate of drug-likeness (QED) is 0.910. The number of phenolic OH excluding ortho intramolecular Hbond substituents is 1. The van der Waals surface area contributed by atoms with Gasteiger partial charge in [0.05, 0.1) is 11.6 Å². The first-order valence-electron chi connectivity index (χ1n) is 7.11. The van der Waals surface area contributed by atoms with Gasteiger partial charge in [-0.3, -0.25) is 14.2 Å². The van der Waals surface area contributed by atoms with Crippen LogP contribution in [0.15, 0.2) is 41.2 Å². The van der Waals surface area contributed by atoms with E-state index in [1.54, 1.807) is 24.3 Å². The van der Waals surface area contributed by atoms with Crippen molar-refractivity contribution in [1.82, 2.24) is 4.57 Å². The van der Waals surface area contributed by atoms with Gasteiger partial charge in [0.15, 0.2) is 0 Å². The van der Waals surface area contributed by atoms with Crippen LogP contribution in [0.2, 0.25) is 0 Å². The van der Waals surface area contributed by atoms with E-state index in [0.717, 1.165) is 0 Å². The van der Waals surface area contributed by atoms with E-state index in [4.69, 9.17) is 0 Å². The van der Waals surface area contributed by atoms with Crippen LogP contribution in [0.4, 0.5) is 0 Å². The molecule has 1 aromatic heterocycles. The van der Waals surface area contributed by atoms with Gasteiger partial charge in [-0.05, 0) is 30.5 Å². The highest BCUT2D eigenvalue weighted by molar-refractivity contribution is 5.75. The van der Waals surface area contributed by atoms with Gasteiger partial charge in [-0.1, -0.05) is 32.0 Å². The van der Waals surface area contributed by atoms with Crippen molar-refractivity contribution in [3.63, 3.8) is 0 Å². The maximum absolute atomic E-state index is 12.3. The second-order valence-corrected chi connectivity index (χ2v) is 5.55. The van der Waals surface area contributed by atoms with Crippen molar-refractivity contribution in [3.8, 4) is 11.4 Å². The predicted molar refractivity (Wildman–Crippen MR) is 83.8 cm³/mol. The minimum atomic E-state index is -1.03. The van der Waals surface area contributed by atoms with Crippen molar-refractivity contribution in [2.75, 3.05) is 0 Å². The molecule has 2 N–H and O–H groups in total. The highest BCUT2D eigenvalue weighted by atomic mass is 16.4. The summed E-state index contributed by atoms with van der Waals surface area (Å²) in [6.07, 6.45) is 0. The van der Waals surface area contributed by atoms with Crippen LogP contribution < -0.4 is 5.56 Å². The van der Waals surface area contributed by atoms with Crippen LogP contribution in [-0.2, 0) is 4.79 Å². The van der Waals surface area contributed by atoms with Gasteiger partial charge in [-0.2, -0.15) is 0 Å². The average molecular weight is 301 g/mol.